The highest BCUT2D eigenvalue weighted by Gasteiger charge is 2.54. The number of carbonyl (C=O) groups is 2. The van der Waals surface area contributed by atoms with Crippen molar-refractivity contribution in [3.05, 3.63) is 23.3 Å². The first-order valence-electron chi connectivity index (χ1n) is 10.0. The summed E-state index contributed by atoms with van der Waals surface area (Å²) in [6, 6.07) is 3.46. The molecule has 0 unspecified atom stereocenters. The van der Waals surface area contributed by atoms with Gasteiger partial charge in [-0.2, -0.15) is 0 Å². The number of likely N-dealkylation sites (tertiary alicyclic amines) is 1. The predicted octanol–water partition coefficient (Wildman–Crippen LogP) is -0.996. The number of carboxylic acids is 1. The van der Waals surface area contributed by atoms with Gasteiger partial charge in [-0.1, -0.05) is 6.07 Å². The van der Waals surface area contributed by atoms with Crippen molar-refractivity contribution >= 4 is 19.0 Å². The fraction of sp³-hybridized carbons (Fsp3) is 0.579. The maximum atomic E-state index is 12.1. The van der Waals surface area contributed by atoms with Crippen LogP contribution in [0.5, 0.6) is 11.5 Å². The van der Waals surface area contributed by atoms with E-state index in [-0.39, 0.29) is 54.0 Å². The Bertz CT molecular complexity index is 859. The van der Waals surface area contributed by atoms with Gasteiger partial charge in [0.05, 0.1) is 6.61 Å². The Morgan fingerprint density at radius 1 is 1.43 bits per heavy atom. The molecule has 1 aliphatic carbocycles. The number of hydrogen-bond donors (Lipinski definition) is 5. The molecule has 30 heavy (non-hydrogen) atoms. The molecular formula is C19H26BN3O7. The van der Waals surface area contributed by atoms with Gasteiger partial charge >= 0.3 is 13.1 Å². The molecule has 1 saturated heterocycles. The zero-order valence-corrected chi connectivity index (χ0v) is 16.7. The molecule has 162 valence electrons. The van der Waals surface area contributed by atoms with E-state index >= 15 is 0 Å². The number of aliphatic hydroxyl groups is 1. The normalized spacial score (nSPS) is 24.6. The Morgan fingerprint density at radius 2 is 2.17 bits per heavy atom. The lowest BCUT2D eigenvalue weighted by molar-refractivity contribution is -0.127. The van der Waals surface area contributed by atoms with Gasteiger partial charge in [-0.05, 0) is 30.9 Å². The SMILES string of the molecule is C[C@](N)(CN1CC(Oc2ccc3c(c2C(=O)O)OB(O)[C@H]2C[C@@H]32)C1)C(=O)NCCO. The Morgan fingerprint density at radius 3 is 2.83 bits per heavy atom. The summed E-state index contributed by atoms with van der Waals surface area (Å²) in [5, 5.41) is 31.1. The van der Waals surface area contributed by atoms with Gasteiger partial charge in [-0.25, -0.2) is 4.79 Å². The summed E-state index contributed by atoms with van der Waals surface area (Å²) < 4.78 is 11.4. The number of aromatic carboxylic acids is 1. The van der Waals surface area contributed by atoms with E-state index in [1.807, 2.05) is 11.0 Å². The molecular weight excluding hydrogens is 393 g/mol. The van der Waals surface area contributed by atoms with E-state index in [4.69, 9.17) is 20.2 Å². The van der Waals surface area contributed by atoms with Crippen LogP contribution in [0, 0.1) is 0 Å². The molecule has 2 aliphatic heterocycles. The van der Waals surface area contributed by atoms with Crippen molar-refractivity contribution in [2.75, 3.05) is 32.8 Å². The number of nitrogens with two attached hydrogens (primary N) is 1. The highest BCUT2D eigenvalue weighted by atomic mass is 16.5. The van der Waals surface area contributed by atoms with Crippen LogP contribution in [0.25, 0.3) is 0 Å². The highest BCUT2D eigenvalue weighted by Crippen LogP contribution is 2.60. The third kappa shape index (κ3) is 3.85. The number of nitrogens with one attached hydrogen (secondary N) is 1. The highest BCUT2D eigenvalue weighted by molar-refractivity contribution is 6.48. The fourth-order valence-corrected chi connectivity index (χ4v) is 4.21. The Labute approximate surface area is 174 Å². The van der Waals surface area contributed by atoms with E-state index in [2.05, 4.69) is 5.32 Å². The second-order valence-corrected chi connectivity index (χ2v) is 8.51. The van der Waals surface area contributed by atoms with E-state index in [1.165, 1.54) is 0 Å². The molecule has 10 nitrogen and oxygen atoms in total. The van der Waals surface area contributed by atoms with Crippen LogP contribution < -0.4 is 20.4 Å². The van der Waals surface area contributed by atoms with E-state index in [9.17, 15) is 19.7 Å². The summed E-state index contributed by atoms with van der Waals surface area (Å²) in [4.78, 5) is 25.9. The van der Waals surface area contributed by atoms with E-state index in [0.717, 1.165) is 12.0 Å². The number of hydrogen-bond acceptors (Lipinski definition) is 8. The molecule has 1 aromatic rings. The average molecular weight is 419 g/mol. The summed E-state index contributed by atoms with van der Waals surface area (Å²) in [6.07, 6.45) is 0.536. The lowest BCUT2D eigenvalue weighted by Crippen LogP contribution is -2.64. The zero-order valence-electron chi connectivity index (χ0n) is 16.7. The van der Waals surface area contributed by atoms with Crippen LogP contribution in [0.3, 0.4) is 0 Å². The summed E-state index contributed by atoms with van der Waals surface area (Å²) in [5.41, 5.74) is 5.70. The smallest absolute Gasteiger partial charge is 0.526 e. The Kier molecular flexibility index (Phi) is 5.39. The van der Waals surface area contributed by atoms with Crippen molar-refractivity contribution in [2.24, 2.45) is 5.73 Å². The number of fused-ring (bicyclic) bond motifs is 3. The maximum Gasteiger partial charge on any atom is 0.526 e. The summed E-state index contributed by atoms with van der Waals surface area (Å²) in [6.45, 7) is 2.89. The van der Waals surface area contributed by atoms with Gasteiger partial charge < -0.3 is 35.7 Å². The molecule has 6 N–H and O–H groups in total. The Balaban J connectivity index is 1.39. The third-order valence-corrected chi connectivity index (χ3v) is 5.89. The van der Waals surface area contributed by atoms with Gasteiger partial charge in [-0.15, -0.1) is 0 Å². The van der Waals surface area contributed by atoms with Crippen molar-refractivity contribution in [1.29, 1.82) is 0 Å². The minimum absolute atomic E-state index is 0.0336. The van der Waals surface area contributed by atoms with Crippen LogP contribution in [0.4, 0.5) is 0 Å². The quantitative estimate of drug-likeness (QED) is 0.334. The molecule has 2 heterocycles. The van der Waals surface area contributed by atoms with Gasteiger partial charge in [0.1, 0.15) is 28.7 Å². The van der Waals surface area contributed by atoms with Gasteiger partial charge in [0.15, 0.2) is 0 Å². The van der Waals surface area contributed by atoms with Gasteiger partial charge in [0.25, 0.3) is 0 Å². The number of rotatable bonds is 8. The molecule has 3 atom stereocenters. The van der Waals surface area contributed by atoms with Crippen molar-refractivity contribution in [3.63, 3.8) is 0 Å². The predicted molar refractivity (Wildman–Crippen MR) is 107 cm³/mol. The standard InChI is InChI=1S/C19H26BN3O7/c1-19(21,18(27)22-4-5-24)9-23-7-10(8-23)29-14-3-2-11-12-6-13(12)20(28)30-16(11)15(14)17(25)26/h2-3,10,12-13,24,28H,4-9,21H2,1H3,(H,22,27)(H,25,26)/t12-,13-,19-/m0/s1. The van der Waals surface area contributed by atoms with Gasteiger partial charge in [0, 0.05) is 32.0 Å². The fourth-order valence-electron chi connectivity index (χ4n) is 4.21. The number of ether oxygens (including phenoxy) is 1. The van der Waals surface area contributed by atoms with E-state index < -0.39 is 18.6 Å². The molecule has 1 saturated carbocycles. The minimum atomic E-state index is -1.17. The number of amides is 1. The third-order valence-electron chi connectivity index (χ3n) is 5.89. The van der Waals surface area contributed by atoms with Gasteiger partial charge in [0.2, 0.25) is 5.91 Å². The number of carboxylic acid groups (broad SMARTS) is 1. The van der Waals surface area contributed by atoms with Crippen molar-refractivity contribution in [1.82, 2.24) is 10.2 Å². The largest absolute Gasteiger partial charge is 0.535 e. The van der Waals surface area contributed by atoms with Crippen LogP contribution in [-0.2, 0) is 4.79 Å². The minimum Gasteiger partial charge on any atom is -0.535 e. The first-order chi connectivity index (χ1) is 14.2. The number of aliphatic hydroxyl groups excluding tert-OH is 1. The van der Waals surface area contributed by atoms with Crippen LogP contribution in [0.1, 0.15) is 35.2 Å². The first kappa shape index (κ1) is 20.9. The van der Waals surface area contributed by atoms with Crippen LogP contribution in [-0.4, -0.2) is 83.6 Å². The molecule has 0 aromatic heterocycles. The average Bonchev–Trinajstić information content (AvgIpc) is 3.45. The second-order valence-electron chi connectivity index (χ2n) is 8.51. The lowest BCUT2D eigenvalue weighted by Gasteiger charge is -2.42. The molecule has 0 spiro atoms. The van der Waals surface area contributed by atoms with E-state index in [0.29, 0.717) is 19.6 Å². The molecule has 0 radical (unpaired) electrons. The number of benzene rings is 1. The molecule has 0 bridgehead atoms. The van der Waals surface area contributed by atoms with Gasteiger partial charge in [-0.3, -0.25) is 9.69 Å². The molecule has 1 amide bonds. The van der Waals surface area contributed by atoms with Crippen molar-refractivity contribution in [3.8, 4) is 11.5 Å². The van der Waals surface area contributed by atoms with Crippen LogP contribution in [0.15, 0.2) is 12.1 Å². The first-order valence-corrected chi connectivity index (χ1v) is 10.0. The lowest BCUT2D eigenvalue weighted by atomic mass is 9.77. The molecule has 1 aromatic carbocycles. The maximum absolute atomic E-state index is 12.1. The monoisotopic (exact) mass is 419 g/mol. The summed E-state index contributed by atoms with van der Waals surface area (Å²) in [5.74, 6) is -0.955. The molecule has 3 aliphatic rings. The Hall–Kier alpha value is -2.34. The van der Waals surface area contributed by atoms with Crippen molar-refractivity contribution < 1.29 is 34.2 Å². The zero-order chi connectivity index (χ0) is 21.6. The number of nitrogens with zero attached hydrogens (tertiary/aromatic N) is 1. The molecule has 2 fully saturated rings. The number of carbonyl (C=O) groups excluding carboxylic acids is 1. The molecule has 11 heteroatoms. The van der Waals surface area contributed by atoms with E-state index in [1.54, 1.807) is 13.0 Å². The second kappa shape index (κ2) is 7.73. The summed E-state index contributed by atoms with van der Waals surface area (Å²) in [7, 11) is -0.991. The molecule has 4 rings (SSSR count). The topological polar surface area (TPSA) is 155 Å². The van der Waals surface area contributed by atoms with Crippen molar-refractivity contribution in [2.45, 2.75) is 36.7 Å². The van der Waals surface area contributed by atoms with Crippen LogP contribution >= 0.6 is 0 Å². The summed E-state index contributed by atoms with van der Waals surface area (Å²) >= 11 is 0. The van der Waals surface area contributed by atoms with Crippen LogP contribution in [0.2, 0.25) is 5.82 Å².